The third-order valence-electron chi connectivity index (χ3n) is 4.34. The van der Waals surface area contributed by atoms with Gasteiger partial charge in [0.05, 0.1) is 16.4 Å². The van der Waals surface area contributed by atoms with E-state index in [2.05, 4.69) is 21.5 Å². The number of halogens is 2. The number of alkyl halides is 1. The average molecular weight is 310 g/mol. The van der Waals surface area contributed by atoms with Gasteiger partial charge >= 0.3 is 0 Å². The Morgan fingerprint density at radius 1 is 1.48 bits per heavy atom. The monoisotopic (exact) mass is 309 g/mol. The number of rotatable bonds is 3. The molecule has 1 saturated heterocycles. The molecule has 2 atom stereocenters. The molecule has 114 valence electrons. The lowest BCUT2D eigenvalue weighted by atomic mass is 10.1. The lowest BCUT2D eigenvalue weighted by Gasteiger charge is -2.16. The van der Waals surface area contributed by atoms with E-state index in [1.807, 2.05) is 13.0 Å². The van der Waals surface area contributed by atoms with Gasteiger partial charge in [-0.3, -0.25) is 0 Å². The Balaban J connectivity index is 2.05. The van der Waals surface area contributed by atoms with Gasteiger partial charge in [0.1, 0.15) is 11.6 Å². The molecule has 2 unspecified atom stereocenters. The van der Waals surface area contributed by atoms with Crippen molar-refractivity contribution >= 4 is 22.6 Å². The van der Waals surface area contributed by atoms with Gasteiger partial charge in [0.2, 0.25) is 0 Å². The van der Waals surface area contributed by atoms with E-state index in [4.69, 9.17) is 11.6 Å². The Morgan fingerprint density at radius 3 is 2.86 bits per heavy atom. The van der Waals surface area contributed by atoms with Gasteiger partial charge < -0.3 is 9.47 Å². The number of fused-ring (bicyclic) bond motifs is 1. The van der Waals surface area contributed by atoms with Crippen molar-refractivity contribution in [1.29, 1.82) is 0 Å². The standard InChI is InChI=1S/C16H21ClFN3/c1-10-6-15-14(7-13(10)18)19-16(11(2)17)21(15)9-12-4-5-20(3)8-12/h6-7,11-12H,4-5,8-9H2,1-3H3. The Kier molecular flexibility index (Phi) is 3.93. The Labute approximate surface area is 129 Å². The maximum Gasteiger partial charge on any atom is 0.128 e. The second-order valence-electron chi connectivity index (χ2n) is 6.20. The molecule has 21 heavy (non-hydrogen) atoms. The SMILES string of the molecule is Cc1cc2c(cc1F)nc(C(C)Cl)n2CC1CCN(C)C1. The van der Waals surface area contributed by atoms with Gasteiger partial charge in [-0.05, 0) is 51.4 Å². The highest BCUT2D eigenvalue weighted by Gasteiger charge is 2.23. The molecule has 0 radical (unpaired) electrons. The van der Waals surface area contributed by atoms with E-state index in [1.54, 1.807) is 6.92 Å². The van der Waals surface area contributed by atoms with Crippen LogP contribution in [0.15, 0.2) is 12.1 Å². The Bertz CT molecular complexity index is 665. The normalized spacial score (nSPS) is 21.3. The fraction of sp³-hybridized carbons (Fsp3) is 0.562. The molecule has 1 aliphatic rings. The summed E-state index contributed by atoms with van der Waals surface area (Å²) in [5, 5.41) is -0.181. The number of imidazole rings is 1. The summed E-state index contributed by atoms with van der Waals surface area (Å²) in [4.78, 5) is 6.90. The smallest absolute Gasteiger partial charge is 0.128 e. The largest absolute Gasteiger partial charge is 0.326 e. The fourth-order valence-corrected chi connectivity index (χ4v) is 3.36. The van der Waals surface area contributed by atoms with E-state index < -0.39 is 0 Å². The quantitative estimate of drug-likeness (QED) is 0.805. The average Bonchev–Trinajstić information content (AvgIpc) is 2.96. The summed E-state index contributed by atoms with van der Waals surface area (Å²) in [5.74, 6) is 1.24. The minimum atomic E-state index is -0.207. The van der Waals surface area contributed by atoms with Crippen molar-refractivity contribution in [2.24, 2.45) is 5.92 Å². The molecule has 1 fully saturated rings. The topological polar surface area (TPSA) is 21.1 Å². The van der Waals surface area contributed by atoms with E-state index in [-0.39, 0.29) is 11.2 Å². The molecule has 0 bridgehead atoms. The van der Waals surface area contributed by atoms with Crippen LogP contribution in [0.3, 0.4) is 0 Å². The van der Waals surface area contributed by atoms with Crippen LogP contribution in [0, 0.1) is 18.7 Å². The van der Waals surface area contributed by atoms with E-state index in [0.29, 0.717) is 17.0 Å². The first-order valence-electron chi connectivity index (χ1n) is 7.44. The minimum Gasteiger partial charge on any atom is -0.326 e. The van der Waals surface area contributed by atoms with Gasteiger partial charge in [-0.25, -0.2) is 9.37 Å². The molecule has 5 heteroatoms. The molecule has 0 saturated carbocycles. The molecule has 0 spiro atoms. The Morgan fingerprint density at radius 2 is 2.24 bits per heavy atom. The number of likely N-dealkylation sites (tertiary alicyclic amines) is 1. The molecular formula is C16H21ClFN3. The highest BCUT2D eigenvalue weighted by Crippen LogP contribution is 2.28. The molecule has 1 aromatic carbocycles. The fourth-order valence-electron chi connectivity index (χ4n) is 3.20. The van der Waals surface area contributed by atoms with Crippen LogP contribution < -0.4 is 0 Å². The third-order valence-corrected chi connectivity index (χ3v) is 4.54. The summed E-state index contributed by atoms with van der Waals surface area (Å²) in [6, 6.07) is 3.41. The van der Waals surface area contributed by atoms with Gasteiger partial charge in [-0.2, -0.15) is 0 Å². The number of nitrogens with zero attached hydrogens (tertiary/aromatic N) is 3. The molecule has 2 aromatic rings. The summed E-state index contributed by atoms with van der Waals surface area (Å²) in [6.07, 6.45) is 1.19. The first-order chi connectivity index (χ1) is 9.95. The predicted molar refractivity (Wildman–Crippen MR) is 84.3 cm³/mol. The van der Waals surface area contributed by atoms with Crippen molar-refractivity contribution in [2.45, 2.75) is 32.2 Å². The van der Waals surface area contributed by atoms with E-state index in [9.17, 15) is 4.39 Å². The van der Waals surface area contributed by atoms with Crippen molar-refractivity contribution in [3.8, 4) is 0 Å². The summed E-state index contributed by atoms with van der Waals surface area (Å²) in [7, 11) is 2.15. The summed E-state index contributed by atoms with van der Waals surface area (Å²) < 4.78 is 15.9. The first-order valence-corrected chi connectivity index (χ1v) is 7.88. The van der Waals surface area contributed by atoms with E-state index in [1.165, 1.54) is 12.5 Å². The zero-order valence-electron chi connectivity index (χ0n) is 12.7. The molecule has 2 heterocycles. The molecule has 3 nitrogen and oxygen atoms in total. The van der Waals surface area contributed by atoms with Crippen LogP contribution in [0.4, 0.5) is 4.39 Å². The van der Waals surface area contributed by atoms with Gasteiger partial charge in [0.25, 0.3) is 0 Å². The number of aromatic nitrogens is 2. The molecule has 1 aromatic heterocycles. The van der Waals surface area contributed by atoms with Crippen LogP contribution in [0.5, 0.6) is 0 Å². The summed E-state index contributed by atoms with van der Waals surface area (Å²) in [5.41, 5.74) is 2.35. The zero-order chi connectivity index (χ0) is 15.1. The van der Waals surface area contributed by atoms with Crippen LogP contribution in [0.2, 0.25) is 0 Å². The summed E-state index contributed by atoms with van der Waals surface area (Å²) >= 11 is 6.29. The van der Waals surface area contributed by atoms with Gasteiger partial charge in [0, 0.05) is 19.2 Å². The number of hydrogen-bond donors (Lipinski definition) is 0. The van der Waals surface area contributed by atoms with Crippen molar-refractivity contribution in [1.82, 2.24) is 14.5 Å². The van der Waals surface area contributed by atoms with Crippen LogP contribution in [0.25, 0.3) is 11.0 Å². The zero-order valence-corrected chi connectivity index (χ0v) is 13.5. The first kappa shape index (κ1) is 14.8. The maximum atomic E-state index is 13.8. The highest BCUT2D eigenvalue weighted by molar-refractivity contribution is 6.20. The lowest BCUT2D eigenvalue weighted by Crippen LogP contribution is -2.18. The van der Waals surface area contributed by atoms with Gasteiger partial charge in [-0.1, -0.05) is 0 Å². The number of hydrogen-bond acceptors (Lipinski definition) is 2. The highest BCUT2D eigenvalue weighted by atomic mass is 35.5. The van der Waals surface area contributed by atoms with Crippen molar-refractivity contribution < 1.29 is 4.39 Å². The van der Waals surface area contributed by atoms with Crippen LogP contribution in [0.1, 0.15) is 30.1 Å². The second-order valence-corrected chi connectivity index (χ2v) is 6.86. The van der Waals surface area contributed by atoms with E-state index >= 15 is 0 Å². The van der Waals surface area contributed by atoms with Crippen LogP contribution >= 0.6 is 11.6 Å². The van der Waals surface area contributed by atoms with Crippen molar-refractivity contribution in [2.75, 3.05) is 20.1 Å². The molecule has 0 amide bonds. The minimum absolute atomic E-state index is 0.181. The third kappa shape index (κ3) is 2.79. The van der Waals surface area contributed by atoms with Crippen molar-refractivity contribution in [3.05, 3.63) is 29.3 Å². The molecule has 0 aliphatic carbocycles. The Hall–Kier alpha value is -1.13. The van der Waals surface area contributed by atoms with Crippen molar-refractivity contribution in [3.63, 3.8) is 0 Å². The van der Waals surface area contributed by atoms with Crippen LogP contribution in [-0.4, -0.2) is 34.6 Å². The molecule has 1 aliphatic heterocycles. The number of benzene rings is 1. The van der Waals surface area contributed by atoms with Gasteiger partial charge in [0.15, 0.2) is 0 Å². The second kappa shape index (κ2) is 5.58. The molecule has 3 rings (SSSR count). The molecule has 0 N–H and O–H groups in total. The predicted octanol–water partition coefficient (Wildman–Crippen LogP) is 3.74. The van der Waals surface area contributed by atoms with Crippen LogP contribution in [-0.2, 0) is 6.54 Å². The molecular weight excluding hydrogens is 289 g/mol. The van der Waals surface area contributed by atoms with Gasteiger partial charge in [-0.15, -0.1) is 11.6 Å². The number of aryl methyl sites for hydroxylation is 1. The summed E-state index contributed by atoms with van der Waals surface area (Å²) in [6.45, 7) is 6.84. The lowest BCUT2D eigenvalue weighted by molar-refractivity contribution is 0.377. The van der Waals surface area contributed by atoms with E-state index in [0.717, 1.165) is 31.0 Å². The maximum absolute atomic E-state index is 13.8.